The van der Waals surface area contributed by atoms with Crippen LogP contribution in [0.25, 0.3) is 10.8 Å². The molecule has 0 aromatic heterocycles. The van der Waals surface area contributed by atoms with Gasteiger partial charge < -0.3 is 5.73 Å². The first-order valence-electron chi connectivity index (χ1n) is 7.08. The van der Waals surface area contributed by atoms with Crippen LogP contribution in [0.1, 0.15) is 28.3 Å². The Labute approximate surface area is 133 Å². The van der Waals surface area contributed by atoms with E-state index in [-0.39, 0.29) is 6.04 Å². The molecule has 0 aliphatic carbocycles. The maximum absolute atomic E-state index is 6.58. The third kappa shape index (κ3) is 2.50. The zero-order chi connectivity index (χ0) is 15.0. The first-order chi connectivity index (χ1) is 10.1. The summed E-state index contributed by atoms with van der Waals surface area (Å²) in [6.45, 7) is 4.25. The maximum Gasteiger partial charge on any atom is 0.0560 e. The van der Waals surface area contributed by atoms with Crippen molar-refractivity contribution >= 4 is 26.7 Å². The second-order valence-corrected chi connectivity index (χ2v) is 6.30. The standard InChI is InChI=1S/C19H18BrN/c1-12-10-11-17(16-7-4-3-6-14(12)16)19(21)15-8-5-9-18(20)13(15)2/h3-11,19H,21H2,1-2H3. The molecular weight excluding hydrogens is 322 g/mol. The molecule has 0 spiro atoms. The Hall–Kier alpha value is -1.64. The third-order valence-electron chi connectivity index (χ3n) is 4.16. The molecule has 3 rings (SSSR count). The van der Waals surface area contributed by atoms with E-state index >= 15 is 0 Å². The predicted molar refractivity (Wildman–Crippen MR) is 93.6 cm³/mol. The topological polar surface area (TPSA) is 26.0 Å². The van der Waals surface area contributed by atoms with Crippen molar-refractivity contribution in [2.75, 3.05) is 0 Å². The molecule has 2 N–H and O–H groups in total. The van der Waals surface area contributed by atoms with E-state index in [4.69, 9.17) is 5.73 Å². The fourth-order valence-corrected chi connectivity index (χ4v) is 3.25. The van der Waals surface area contributed by atoms with Crippen LogP contribution >= 0.6 is 15.9 Å². The average molecular weight is 340 g/mol. The highest BCUT2D eigenvalue weighted by molar-refractivity contribution is 9.10. The second kappa shape index (κ2) is 5.63. The van der Waals surface area contributed by atoms with Crippen LogP contribution < -0.4 is 5.73 Å². The quantitative estimate of drug-likeness (QED) is 0.676. The second-order valence-electron chi connectivity index (χ2n) is 5.45. The molecule has 3 aromatic rings. The van der Waals surface area contributed by atoms with Crippen LogP contribution in [0.2, 0.25) is 0 Å². The van der Waals surface area contributed by atoms with E-state index in [9.17, 15) is 0 Å². The lowest BCUT2D eigenvalue weighted by Gasteiger charge is -2.19. The van der Waals surface area contributed by atoms with E-state index in [1.54, 1.807) is 0 Å². The molecule has 0 saturated carbocycles. The van der Waals surface area contributed by atoms with Crippen molar-refractivity contribution in [1.82, 2.24) is 0 Å². The summed E-state index contributed by atoms with van der Waals surface area (Å²) in [6, 6.07) is 18.9. The molecular formula is C19H18BrN. The van der Waals surface area contributed by atoms with Gasteiger partial charge in [-0.25, -0.2) is 0 Å². The van der Waals surface area contributed by atoms with Gasteiger partial charge in [-0.2, -0.15) is 0 Å². The van der Waals surface area contributed by atoms with E-state index in [0.717, 1.165) is 4.47 Å². The Morgan fingerprint density at radius 1 is 0.810 bits per heavy atom. The monoisotopic (exact) mass is 339 g/mol. The molecule has 3 aromatic carbocycles. The van der Waals surface area contributed by atoms with Gasteiger partial charge in [0.2, 0.25) is 0 Å². The van der Waals surface area contributed by atoms with Crippen molar-refractivity contribution in [1.29, 1.82) is 0 Å². The molecule has 0 amide bonds. The van der Waals surface area contributed by atoms with Crippen LogP contribution in [0, 0.1) is 13.8 Å². The summed E-state index contributed by atoms with van der Waals surface area (Å²) >= 11 is 3.59. The molecule has 21 heavy (non-hydrogen) atoms. The largest absolute Gasteiger partial charge is 0.320 e. The molecule has 0 fully saturated rings. The summed E-state index contributed by atoms with van der Waals surface area (Å²) in [5.41, 5.74) is 11.4. The number of nitrogens with two attached hydrogens (primary N) is 1. The number of halogens is 1. The average Bonchev–Trinajstić information content (AvgIpc) is 2.50. The van der Waals surface area contributed by atoms with Crippen LogP contribution in [0.3, 0.4) is 0 Å². The summed E-state index contributed by atoms with van der Waals surface area (Å²) in [5, 5.41) is 2.52. The van der Waals surface area contributed by atoms with E-state index in [2.05, 4.69) is 78.3 Å². The van der Waals surface area contributed by atoms with Crippen molar-refractivity contribution < 1.29 is 0 Å². The minimum absolute atomic E-state index is 0.118. The summed E-state index contributed by atoms with van der Waals surface area (Å²) in [4.78, 5) is 0. The Balaban J connectivity index is 2.21. The van der Waals surface area contributed by atoms with Crippen molar-refractivity contribution in [3.05, 3.63) is 81.3 Å². The molecule has 0 saturated heterocycles. The van der Waals surface area contributed by atoms with Crippen LogP contribution in [-0.4, -0.2) is 0 Å². The van der Waals surface area contributed by atoms with E-state index < -0.39 is 0 Å². The molecule has 1 nitrogen and oxygen atoms in total. The Morgan fingerprint density at radius 2 is 1.52 bits per heavy atom. The van der Waals surface area contributed by atoms with Gasteiger partial charge in [0.25, 0.3) is 0 Å². The zero-order valence-electron chi connectivity index (χ0n) is 12.2. The van der Waals surface area contributed by atoms with Crippen molar-refractivity contribution in [3.8, 4) is 0 Å². The molecule has 0 radical (unpaired) electrons. The third-order valence-corrected chi connectivity index (χ3v) is 5.01. The van der Waals surface area contributed by atoms with E-state index in [1.165, 1.54) is 33.0 Å². The molecule has 106 valence electrons. The number of rotatable bonds is 2. The van der Waals surface area contributed by atoms with E-state index in [1.807, 2.05) is 6.07 Å². The predicted octanol–water partition coefficient (Wildman–Crippen LogP) is 5.27. The van der Waals surface area contributed by atoms with Gasteiger partial charge in [0.15, 0.2) is 0 Å². The summed E-state index contributed by atoms with van der Waals surface area (Å²) in [5.74, 6) is 0. The molecule has 1 unspecified atom stereocenters. The van der Waals surface area contributed by atoms with Gasteiger partial charge in [-0.15, -0.1) is 0 Å². The molecule has 0 aliphatic rings. The first kappa shape index (κ1) is 14.3. The number of hydrogen-bond donors (Lipinski definition) is 1. The fourth-order valence-electron chi connectivity index (χ4n) is 2.87. The van der Waals surface area contributed by atoms with Gasteiger partial charge in [-0.1, -0.05) is 64.5 Å². The Bertz CT molecular complexity index is 808. The maximum atomic E-state index is 6.58. The zero-order valence-corrected chi connectivity index (χ0v) is 13.8. The van der Waals surface area contributed by atoms with Gasteiger partial charge >= 0.3 is 0 Å². The number of hydrogen-bond acceptors (Lipinski definition) is 1. The van der Waals surface area contributed by atoms with Gasteiger partial charge in [-0.05, 0) is 52.9 Å². The first-order valence-corrected chi connectivity index (χ1v) is 7.87. The Morgan fingerprint density at radius 3 is 2.29 bits per heavy atom. The minimum atomic E-state index is -0.118. The highest BCUT2D eigenvalue weighted by Gasteiger charge is 2.15. The molecule has 0 bridgehead atoms. The SMILES string of the molecule is Cc1c(Br)cccc1C(N)c1ccc(C)c2ccccc12. The van der Waals surface area contributed by atoms with Crippen molar-refractivity contribution in [3.63, 3.8) is 0 Å². The van der Waals surface area contributed by atoms with E-state index in [0.29, 0.717) is 0 Å². The van der Waals surface area contributed by atoms with Crippen LogP contribution in [-0.2, 0) is 0 Å². The highest BCUT2D eigenvalue weighted by Crippen LogP contribution is 2.32. The highest BCUT2D eigenvalue weighted by atomic mass is 79.9. The lowest BCUT2D eigenvalue weighted by molar-refractivity contribution is 0.868. The van der Waals surface area contributed by atoms with Gasteiger partial charge in [0.05, 0.1) is 6.04 Å². The van der Waals surface area contributed by atoms with Crippen molar-refractivity contribution in [2.45, 2.75) is 19.9 Å². The lowest BCUT2D eigenvalue weighted by Crippen LogP contribution is -2.14. The summed E-state index contributed by atoms with van der Waals surface area (Å²) < 4.78 is 1.10. The number of fused-ring (bicyclic) bond motifs is 1. The molecule has 1 atom stereocenters. The summed E-state index contributed by atoms with van der Waals surface area (Å²) in [6.07, 6.45) is 0. The number of benzene rings is 3. The normalized spacial score (nSPS) is 12.6. The molecule has 2 heteroatoms. The minimum Gasteiger partial charge on any atom is -0.320 e. The van der Waals surface area contributed by atoms with Crippen LogP contribution in [0.5, 0.6) is 0 Å². The van der Waals surface area contributed by atoms with Gasteiger partial charge in [0.1, 0.15) is 0 Å². The van der Waals surface area contributed by atoms with Crippen molar-refractivity contribution in [2.24, 2.45) is 5.73 Å². The van der Waals surface area contributed by atoms with Gasteiger partial charge in [0, 0.05) is 4.47 Å². The van der Waals surface area contributed by atoms with Crippen LogP contribution in [0.4, 0.5) is 0 Å². The lowest BCUT2D eigenvalue weighted by atomic mass is 9.90. The smallest absolute Gasteiger partial charge is 0.0560 e. The molecule has 0 aliphatic heterocycles. The van der Waals surface area contributed by atoms with Crippen LogP contribution in [0.15, 0.2) is 59.1 Å². The number of aryl methyl sites for hydroxylation is 1. The fraction of sp³-hybridized carbons (Fsp3) is 0.158. The van der Waals surface area contributed by atoms with Gasteiger partial charge in [-0.3, -0.25) is 0 Å². The molecule has 0 heterocycles. The summed E-state index contributed by atoms with van der Waals surface area (Å²) in [7, 11) is 0. The Kier molecular flexibility index (Phi) is 3.83.